The number of para-hydroxylation sites is 1. The van der Waals surface area contributed by atoms with Crippen LogP contribution < -0.4 is 5.43 Å². The van der Waals surface area contributed by atoms with E-state index in [4.69, 9.17) is 4.42 Å². The zero-order chi connectivity index (χ0) is 11.0. The van der Waals surface area contributed by atoms with Crippen LogP contribution in [0.2, 0.25) is 0 Å². The molecule has 0 aliphatic heterocycles. The number of aromatic nitrogens is 1. The van der Waals surface area contributed by atoms with Gasteiger partial charge in [0.15, 0.2) is 5.43 Å². The smallest absolute Gasteiger partial charge is 0.208 e. The van der Waals surface area contributed by atoms with E-state index in [0.29, 0.717) is 16.9 Å². The minimum Gasteiger partial charge on any atom is -0.440 e. The van der Waals surface area contributed by atoms with Gasteiger partial charge in [0, 0.05) is 18.5 Å². The maximum Gasteiger partial charge on any atom is 0.208 e. The first-order valence-corrected chi connectivity index (χ1v) is 5.01. The number of nitrogens with zero attached hydrogens (tertiary/aromatic N) is 1. The van der Waals surface area contributed by atoms with E-state index in [1.54, 1.807) is 16.7 Å². The fraction of sp³-hybridized carbons (Fsp3) is 0. The third-order valence-electron chi connectivity index (χ3n) is 2.48. The average Bonchev–Trinajstić information content (AvgIpc) is 2.82. The van der Waals surface area contributed by atoms with E-state index < -0.39 is 0 Å². The van der Waals surface area contributed by atoms with Crippen molar-refractivity contribution in [3.05, 3.63) is 65.1 Å². The molecule has 3 aromatic rings. The molecule has 1 aromatic carbocycles. The largest absolute Gasteiger partial charge is 0.440 e. The van der Waals surface area contributed by atoms with Crippen LogP contribution in [0.5, 0.6) is 0 Å². The van der Waals surface area contributed by atoms with Crippen LogP contribution >= 0.6 is 0 Å². The molecule has 78 valence electrons. The molecule has 0 aliphatic rings. The summed E-state index contributed by atoms with van der Waals surface area (Å²) in [6.07, 6.45) is 3.68. The van der Waals surface area contributed by atoms with Crippen LogP contribution in [0.1, 0.15) is 0 Å². The summed E-state index contributed by atoms with van der Waals surface area (Å²) in [4.78, 5) is 11.8. The predicted molar refractivity (Wildman–Crippen MR) is 61.8 cm³/mol. The van der Waals surface area contributed by atoms with Crippen molar-refractivity contribution >= 4 is 11.0 Å². The molecule has 0 radical (unpaired) electrons. The van der Waals surface area contributed by atoms with Crippen LogP contribution in [0.25, 0.3) is 16.9 Å². The number of hydrogen-bond donors (Lipinski definition) is 0. The first-order valence-electron chi connectivity index (χ1n) is 5.01. The van der Waals surface area contributed by atoms with Crippen LogP contribution in [-0.4, -0.2) is 4.57 Å². The Balaban J connectivity index is 2.34. The molecule has 3 nitrogen and oxygen atoms in total. The van der Waals surface area contributed by atoms with Crippen LogP contribution in [0, 0.1) is 0 Å². The van der Waals surface area contributed by atoms with Crippen molar-refractivity contribution in [1.82, 2.24) is 4.57 Å². The van der Waals surface area contributed by atoms with Crippen LogP contribution in [0.4, 0.5) is 0 Å². The lowest BCUT2D eigenvalue weighted by Crippen LogP contribution is -2.02. The number of fused-ring (bicyclic) bond motifs is 1. The van der Waals surface area contributed by atoms with Gasteiger partial charge in [-0.1, -0.05) is 12.1 Å². The highest BCUT2D eigenvalue weighted by molar-refractivity contribution is 5.76. The van der Waals surface area contributed by atoms with Gasteiger partial charge in [0.05, 0.1) is 5.39 Å². The molecule has 0 saturated heterocycles. The lowest BCUT2D eigenvalue weighted by molar-refractivity contribution is 0.568. The van der Waals surface area contributed by atoms with Gasteiger partial charge < -0.3 is 4.42 Å². The minimum atomic E-state index is -0.0226. The van der Waals surface area contributed by atoms with E-state index in [9.17, 15) is 4.79 Å². The molecular weight excluding hydrogens is 202 g/mol. The zero-order valence-corrected chi connectivity index (χ0v) is 8.46. The standard InChI is InChI=1S/C13H9NO2/c15-11-9-13(14-7-3-4-8-14)16-12-6-2-1-5-10(11)12/h1-9H. The topological polar surface area (TPSA) is 35.1 Å². The molecule has 0 amide bonds. The second-order valence-electron chi connectivity index (χ2n) is 3.54. The molecule has 0 unspecified atom stereocenters. The van der Waals surface area contributed by atoms with Gasteiger partial charge in [-0.3, -0.25) is 9.36 Å². The highest BCUT2D eigenvalue weighted by Gasteiger charge is 2.04. The summed E-state index contributed by atoms with van der Waals surface area (Å²) in [6, 6.07) is 12.5. The zero-order valence-electron chi connectivity index (χ0n) is 8.46. The van der Waals surface area contributed by atoms with E-state index in [1.807, 2.05) is 36.7 Å². The summed E-state index contributed by atoms with van der Waals surface area (Å²) >= 11 is 0. The lowest BCUT2D eigenvalue weighted by Gasteiger charge is -2.02. The normalized spacial score (nSPS) is 10.8. The Morgan fingerprint density at radius 3 is 2.56 bits per heavy atom. The Labute approximate surface area is 91.6 Å². The Hall–Kier alpha value is -2.29. The Bertz CT molecular complexity index is 680. The Morgan fingerprint density at radius 1 is 1.00 bits per heavy atom. The highest BCUT2D eigenvalue weighted by atomic mass is 16.3. The SMILES string of the molecule is O=c1cc(-n2cccc2)oc2ccccc12. The molecule has 3 rings (SSSR count). The summed E-state index contributed by atoms with van der Waals surface area (Å²) in [5.74, 6) is 0.536. The van der Waals surface area contributed by atoms with E-state index in [0.717, 1.165) is 0 Å². The first-order chi connectivity index (χ1) is 7.84. The molecule has 0 spiro atoms. The highest BCUT2D eigenvalue weighted by Crippen LogP contribution is 2.14. The van der Waals surface area contributed by atoms with Gasteiger partial charge in [-0.05, 0) is 24.3 Å². The monoisotopic (exact) mass is 211 g/mol. The molecule has 0 saturated carbocycles. The number of benzene rings is 1. The van der Waals surface area contributed by atoms with Gasteiger partial charge in [-0.25, -0.2) is 0 Å². The molecule has 16 heavy (non-hydrogen) atoms. The van der Waals surface area contributed by atoms with Crippen LogP contribution in [0.15, 0.2) is 64.1 Å². The molecule has 2 heterocycles. The van der Waals surface area contributed by atoms with Gasteiger partial charge in [0.2, 0.25) is 5.88 Å². The van der Waals surface area contributed by atoms with Crippen molar-refractivity contribution in [3.63, 3.8) is 0 Å². The van der Waals surface area contributed by atoms with E-state index >= 15 is 0 Å². The lowest BCUT2D eigenvalue weighted by atomic mass is 10.2. The molecule has 0 fully saturated rings. The molecule has 0 bridgehead atoms. The van der Waals surface area contributed by atoms with Gasteiger partial charge in [-0.2, -0.15) is 0 Å². The molecular formula is C13H9NO2. The van der Waals surface area contributed by atoms with Gasteiger partial charge in [-0.15, -0.1) is 0 Å². The van der Waals surface area contributed by atoms with Gasteiger partial charge >= 0.3 is 0 Å². The maximum absolute atomic E-state index is 11.8. The van der Waals surface area contributed by atoms with Crippen molar-refractivity contribution in [2.45, 2.75) is 0 Å². The fourth-order valence-electron chi connectivity index (χ4n) is 1.70. The van der Waals surface area contributed by atoms with Crippen molar-refractivity contribution in [3.8, 4) is 5.88 Å². The average molecular weight is 211 g/mol. The summed E-state index contributed by atoms with van der Waals surface area (Å²) in [5, 5.41) is 0.610. The molecule has 0 atom stereocenters. The van der Waals surface area contributed by atoms with Gasteiger partial charge in [0.25, 0.3) is 0 Å². The predicted octanol–water partition coefficient (Wildman–Crippen LogP) is 2.58. The van der Waals surface area contributed by atoms with Gasteiger partial charge in [0.1, 0.15) is 5.58 Å². The van der Waals surface area contributed by atoms with E-state index in [1.165, 1.54) is 6.07 Å². The third-order valence-corrected chi connectivity index (χ3v) is 2.48. The second-order valence-corrected chi connectivity index (χ2v) is 3.54. The molecule has 0 aliphatic carbocycles. The van der Waals surface area contributed by atoms with Crippen molar-refractivity contribution in [1.29, 1.82) is 0 Å². The summed E-state index contributed by atoms with van der Waals surface area (Å²) in [6.45, 7) is 0. The summed E-state index contributed by atoms with van der Waals surface area (Å²) in [5.41, 5.74) is 0.587. The van der Waals surface area contributed by atoms with Crippen LogP contribution in [-0.2, 0) is 0 Å². The molecule has 0 N–H and O–H groups in total. The minimum absolute atomic E-state index is 0.0226. The quantitative estimate of drug-likeness (QED) is 0.620. The Kier molecular flexibility index (Phi) is 1.90. The maximum atomic E-state index is 11.8. The second kappa shape index (κ2) is 3.38. The molecule has 2 aromatic heterocycles. The van der Waals surface area contributed by atoms with Crippen molar-refractivity contribution in [2.75, 3.05) is 0 Å². The Morgan fingerprint density at radius 2 is 1.75 bits per heavy atom. The van der Waals surface area contributed by atoms with Crippen LogP contribution in [0.3, 0.4) is 0 Å². The summed E-state index contributed by atoms with van der Waals surface area (Å²) in [7, 11) is 0. The number of hydrogen-bond acceptors (Lipinski definition) is 2. The van der Waals surface area contributed by atoms with E-state index in [-0.39, 0.29) is 5.43 Å². The first kappa shape index (κ1) is 8.97. The third kappa shape index (κ3) is 1.34. The van der Waals surface area contributed by atoms with E-state index in [2.05, 4.69) is 0 Å². The van der Waals surface area contributed by atoms with Crippen molar-refractivity contribution < 1.29 is 4.42 Å². The molecule has 3 heteroatoms. The fourth-order valence-corrected chi connectivity index (χ4v) is 1.70. The summed E-state index contributed by atoms with van der Waals surface area (Å²) < 4.78 is 7.42. The number of rotatable bonds is 1. The van der Waals surface area contributed by atoms with Crippen molar-refractivity contribution in [2.24, 2.45) is 0 Å².